The SMILES string of the molecule is Cl.Nc1ccc(OCC(F)F)nc1. The van der Waals surface area contributed by atoms with Crippen LogP contribution in [0.1, 0.15) is 0 Å². The van der Waals surface area contributed by atoms with Crippen molar-refractivity contribution in [2.45, 2.75) is 6.43 Å². The third kappa shape index (κ3) is 4.47. The summed E-state index contributed by atoms with van der Waals surface area (Å²) in [4.78, 5) is 3.67. The quantitative estimate of drug-likeness (QED) is 0.827. The summed E-state index contributed by atoms with van der Waals surface area (Å²) in [6, 6.07) is 2.98. The first-order chi connectivity index (χ1) is 5.68. The lowest BCUT2D eigenvalue weighted by Crippen LogP contribution is -2.07. The second-order valence-electron chi connectivity index (χ2n) is 2.13. The lowest BCUT2D eigenvalue weighted by atomic mass is 10.4. The number of nitrogens with zero attached hydrogens (tertiary/aromatic N) is 1. The molecule has 74 valence electrons. The Morgan fingerprint density at radius 3 is 2.62 bits per heavy atom. The van der Waals surface area contributed by atoms with Crippen LogP contribution in [0.4, 0.5) is 14.5 Å². The van der Waals surface area contributed by atoms with Gasteiger partial charge in [0.1, 0.15) is 0 Å². The maximum atomic E-state index is 11.6. The molecule has 0 unspecified atom stereocenters. The Hall–Kier alpha value is -1.10. The van der Waals surface area contributed by atoms with Crippen LogP contribution in [0.25, 0.3) is 0 Å². The Balaban J connectivity index is 0.00000144. The minimum absolute atomic E-state index is 0. The Morgan fingerprint density at radius 2 is 2.15 bits per heavy atom. The third-order valence-corrected chi connectivity index (χ3v) is 1.12. The van der Waals surface area contributed by atoms with E-state index in [-0.39, 0.29) is 18.3 Å². The largest absolute Gasteiger partial charge is 0.472 e. The van der Waals surface area contributed by atoms with Gasteiger partial charge < -0.3 is 10.5 Å². The first-order valence-corrected chi connectivity index (χ1v) is 3.31. The maximum absolute atomic E-state index is 11.6. The summed E-state index contributed by atoms with van der Waals surface area (Å²) < 4.78 is 27.9. The molecular formula is C7H9ClF2N2O. The van der Waals surface area contributed by atoms with Crippen LogP contribution in [0.3, 0.4) is 0 Å². The van der Waals surface area contributed by atoms with Gasteiger partial charge in [0.2, 0.25) is 5.88 Å². The van der Waals surface area contributed by atoms with Crippen molar-refractivity contribution < 1.29 is 13.5 Å². The van der Waals surface area contributed by atoms with Gasteiger partial charge in [-0.3, -0.25) is 0 Å². The van der Waals surface area contributed by atoms with E-state index in [1.54, 1.807) is 0 Å². The fraction of sp³-hybridized carbons (Fsp3) is 0.286. The number of rotatable bonds is 3. The summed E-state index contributed by atoms with van der Waals surface area (Å²) in [6.45, 7) is -0.642. The molecule has 1 rings (SSSR count). The number of aromatic nitrogens is 1. The van der Waals surface area contributed by atoms with Gasteiger partial charge in [0.15, 0.2) is 6.61 Å². The van der Waals surface area contributed by atoms with Crippen molar-refractivity contribution in [3.05, 3.63) is 18.3 Å². The van der Waals surface area contributed by atoms with Crippen LogP contribution in [0.2, 0.25) is 0 Å². The second kappa shape index (κ2) is 5.53. The van der Waals surface area contributed by atoms with Crippen molar-refractivity contribution in [2.24, 2.45) is 0 Å². The van der Waals surface area contributed by atoms with Crippen LogP contribution >= 0.6 is 12.4 Å². The number of halogens is 3. The maximum Gasteiger partial charge on any atom is 0.272 e. The zero-order valence-electron chi connectivity index (χ0n) is 6.61. The zero-order chi connectivity index (χ0) is 8.97. The topological polar surface area (TPSA) is 48.1 Å². The zero-order valence-corrected chi connectivity index (χ0v) is 7.43. The van der Waals surface area contributed by atoms with Crippen LogP contribution in [-0.2, 0) is 0 Å². The van der Waals surface area contributed by atoms with E-state index in [0.29, 0.717) is 5.69 Å². The fourth-order valence-electron chi connectivity index (χ4n) is 0.625. The standard InChI is InChI=1S/C7H8F2N2O.ClH/c8-6(9)4-12-7-2-1-5(10)3-11-7;/h1-3,6H,4,10H2;1H. The molecule has 6 heteroatoms. The Labute approximate surface area is 80.3 Å². The van der Waals surface area contributed by atoms with Crippen LogP contribution in [0.5, 0.6) is 5.88 Å². The van der Waals surface area contributed by atoms with Crippen LogP contribution in [0, 0.1) is 0 Å². The molecule has 0 saturated heterocycles. The highest BCUT2D eigenvalue weighted by Gasteiger charge is 2.03. The average molecular weight is 211 g/mol. The van der Waals surface area contributed by atoms with Crippen molar-refractivity contribution in [2.75, 3.05) is 12.3 Å². The molecule has 0 bridgehead atoms. The van der Waals surface area contributed by atoms with Gasteiger partial charge in [-0.05, 0) is 6.07 Å². The molecule has 0 aliphatic rings. The van der Waals surface area contributed by atoms with E-state index >= 15 is 0 Å². The normalized spacial score (nSPS) is 9.46. The van der Waals surface area contributed by atoms with E-state index in [1.165, 1.54) is 18.3 Å². The summed E-state index contributed by atoms with van der Waals surface area (Å²) in [7, 11) is 0. The number of alkyl halides is 2. The fourth-order valence-corrected chi connectivity index (χ4v) is 0.625. The molecule has 3 nitrogen and oxygen atoms in total. The van der Waals surface area contributed by atoms with Crippen molar-refractivity contribution in [1.82, 2.24) is 4.98 Å². The van der Waals surface area contributed by atoms with E-state index in [2.05, 4.69) is 9.72 Å². The van der Waals surface area contributed by atoms with Gasteiger partial charge in [0.25, 0.3) is 6.43 Å². The molecule has 13 heavy (non-hydrogen) atoms. The number of hydrogen-bond donors (Lipinski definition) is 1. The van der Waals surface area contributed by atoms with E-state index in [1.807, 2.05) is 0 Å². The van der Waals surface area contributed by atoms with E-state index < -0.39 is 13.0 Å². The molecular weight excluding hydrogens is 202 g/mol. The molecule has 2 N–H and O–H groups in total. The Kier molecular flexibility index (Phi) is 5.06. The highest BCUT2D eigenvalue weighted by Crippen LogP contribution is 2.09. The highest BCUT2D eigenvalue weighted by molar-refractivity contribution is 5.85. The predicted octanol–water partition coefficient (Wildman–Crippen LogP) is 1.73. The van der Waals surface area contributed by atoms with Crippen LogP contribution < -0.4 is 10.5 Å². The lowest BCUT2D eigenvalue weighted by Gasteiger charge is -2.03. The van der Waals surface area contributed by atoms with Crippen molar-refractivity contribution in [3.8, 4) is 5.88 Å². The van der Waals surface area contributed by atoms with Gasteiger partial charge in [0.05, 0.1) is 11.9 Å². The van der Waals surface area contributed by atoms with Crippen molar-refractivity contribution in [1.29, 1.82) is 0 Å². The number of pyridine rings is 1. The first-order valence-electron chi connectivity index (χ1n) is 3.31. The van der Waals surface area contributed by atoms with Crippen LogP contribution in [-0.4, -0.2) is 18.0 Å². The molecule has 0 atom stereocenters. The van der Waals surface area contributed by atoms with Gasteiger partial charge in [-0.1, -0.05) is 0 Å². The van der Waals surface area contributed by atoms with Gasteiger partial charge >= 0.3 is 0 Å². The number of ether oxygens (including phenoxy) is 1. The summed E-state index contributed by atoms with van der Waals surface area (Å²) in [5.74, 6) is 0.157. The first kappa shape index (κ1) is 11.9. The Morgan fingerprint density at radius 1 is 1.46 bits per heavy atom. The predicted molar refractivity (Wildman–Crippen MR) is 47.4 cm³/mol. The summed E-state index contributed by atoms with van der Waals surface area (Å²) in [6.07, 6.45) is -1.13. The van der Waals surface area contributed by atoms with Gasteiger partial charge in [-0.2, -0.15) is 0 Å². The number of hydrogen-bond acceptors (Lipinski definition) is 3. The second-order valence-corrected chi connectivity index (χ2v) is 2.13. The van der Waals surface area contributed by atoms with Gasteiger partial charge in [0, 0.05) is 6.07 Å². The van der Waals surface area contributed by atoms with E-state index in [4.69, 9.17) is 5.73 Å². The molecule has 0 saturated carbocycles. The lowest BCUT2D eigenvalue weighted by molar-refractivity contribution is 0.0796. The smallest absolute Gasteiger partial charge is 0.272 e. The van der Waals surface area contributed by atoms with Crippen molar-refractivity contribution in [3.63, 3.8) is 0 Å². The molecule has 0 amide bonds. The minimum atomic E-state index is -2.48. The average Bonchev–Trinajstić information content (AvgIpc) is 2.03. The number of nitrogen functional groups attached to an aromatic ring is 1. The van der Waals surface area contributed by atoms with Crippen molar-refractivity contribution >= 4 is 18.1 Å². The monoisotopic (exact) mass is 210 g/mol. The molecule has 1 aromatic rings. The molecule has 1 heterocycles. The molecule has 0 spiro atoms. The van der Waals surface area contributed by atoms with E-state index in [9.17, 15) is 8.78 Å². The minimum Gasteiger partial charge on any atom is -0.472 e. The van der Waals surface area contributed by atoms with Gasteiger partial charge in [-0.25, -0.2) is 13.8 Å². The number of anilines is 1. The number of nitrogens with two attached hydrogens (primary N) is 1. The molecule has 0 aliphatic heterocycles. The molecule has 0 radical (unpaired) electrons. The highest BCUT2D eigenvalue weighted by atomic mass is 35.5. The summed E-state index contributed by atoms with van der Waals surface area (Å²) >= 11 is 0. The van der Waals surface area contributed by atoms with Crippen LogP contribution in [0.15, 0.2) is 18.3 Å². The summed E-state index contributed by atoms with van der Waals surface area (Å²) in [5.41, 5.74) is 5.79. The van der Waals surface area contributed by atoms with E-state index in [0.717, 1.165) is 0 Å². The van der Waals surface area contributed by atoms with Gasteiger partial charge in [-0.15, -0.1) is 12.4 Å². The summed E-state index contributed by atoms with van der Waals surface area (Å²) in [5, 5.41) is 0. The molecule has 0 aliphatic carbocycles. The molecule has 1 aromatic heterocycles. The molecule has 0 fully saturated rings. The third-order valence-electron chi connectivity index (χ3n) is 1.12. The molecule has 0 aromatic carbocycles. The Bertz CT molecular complexity index is 243.